The second-order valence-electron chi connectivity index (χ2n) is 18.7. The van der Waals surface area contributed by atoms with E-state index >= 15 is 0 Å². The fraction of sp³-hybridized carbons (Fsp3) is 0.455. The summed E-state index contributed by atoms with van der Waals surface area (Å²) in [5.74, 6) is 2.39. The van der Waals surface area contributed by atoms with Gasteiger partial charge in [0.25, 0.3) is 0 Å². The number of unbranched alkanes of at least 4 members (excludes halogenated alkanes) is 10. The van der Waals surface area contributed by atoms with Gasteiger partial charge in [-0.1, -0.05) is 89.8 Å². The number of hydrogen-bond acceptors (Lipinski definition) is 16. The Morgan fingerprint density at radius 2 is 0.756 bits per heavy atom. The first kappa shape index (κ1) is 67.3. The Bertz CT molecular complexity index is 2540. The average Bonchev–Trinajstić information content (AvgIpc) is 3.50. The lowest BCUT2D eigenvalue weighted by molar-refractivity contribution is -0.286. The number of esters is 2. The second kappa shape index (κ2) is 43.5. The van der Waals surface area contributed by atoms with Gasteiger partial charge in [0.15, 0.2) is 23.0 Å². The summed E-state index contributed by atoms with van der Waals surface area (Å²) < 4.78 is 60.3. The van der Waals surface area contributed by atoms with E-state index in [0.29, 0.717) is 162 Å². The third kappa shape index (κ3) is 27.5. The Balaban J connectivity index is 1.49. The average molecular weight is 1140 g/mol. The lowest BCUT2D eigenvalue weighted by Crippen LogP contribution is -2.08. The molecule has 0 aliphatic rings. The molecule has 0 bridgehead atoms. The molecule has 0 heterocycles. The smallest absolute Gasteiger partial charge is 0.336 e. The number of hydrogen-bond donors (Lipinski definition) is 0. The largest absolute Gasteiger partial charge is 0.502 e. The summed E-state index contributed by atoms with van der Waals surface area (Å²) >= 11 is 0. The van der Waals surface area contributed by atoms with Crippen LogP contribution >= 0.6 is 0 Å². The van der Waals surface area contributed by atoms with Gasteiger partial charge in [-0.3, -0.25) is 0 Å². The highest BCUT2D eigenvalue weighted by molar-refractivity contribution is 5.93. The third-order valence-electron chi connectivity index (χ3n) is 12.1. The van der Waals surface area contributed by atoms with Crippen LogP contribution in [0.15, 0.2) is 124 Å². The molecular formula is C66H88O16. The van der Waals surface area contributed by atoms with Crippen LogP contribution in [0.4, 0.5) is 0 Å². The van der Waals surface area contributed by atoms with Crippen molar-refractivity contribution in [2.75, 3.05) is 79.3 Å². The van der Waals surface area contributed by atoms with Crippen LogP contribution in [0.5, 0.6) is 46.0 Å². The Morgan fingerprint density at radius 3 is 1.15 bits per heavy atom. The minimum absolute atomic E-state index is 0.302. The van der Waals surface area contributed by atoms with E-state index in [1.54, 1.807) is 60.7 Å². The molecular weight excluding hydrogens is 1050 g/mol. The van der Waals surface area contributed by atoms with E-state index in [9.17, 15) is 9.59 Å². The molecule has 0 aliphatic carbocycles. The molecule has 4 rings (SSSR count). The molecule has 0 radical (unpaired) electrons. The Hall–Kier alpha value is -7.24. The van der Waals surface area contributed by atoms with E-state index in [2.05, 4.69) is 40.2 Å². The molecule has 0 saturated carbocycles. The van der Waals surface area contributed by atoms with Gasteiger partial charge in [0.1, 0.15) is 24.7 Å². The lowest BCUT2D eigenvalue weighted by atomic mass is 10.1. The van der Waals surface area contributed by atoms with Crippen LogP contribution in [-0.2, 0) is 38.6 Å². The van der Waals surface area contributed by atoms with Crippen LogP contribution in [0, 0.1) is 0 Å². The van der Waals surface area contributed by atoms with Crippen molar-refractivity contribution in [2.45, 2.75) is 117 Å². The molecule has 0 aromatic heterocycles. The summed E-state index contributed by atoms with van der Waals surface area (Å²) in [6, 6.07) is 17.8. The van der Waals surface area contributed by atoms with Gasteiger partial charge in [-0.2, -0.15) is 0 Å². The van der Waals surface area contributed by atoms with E-state index in [4.69, 9.17) is 66.9 Å². The van der Waals surface area contributed by atoms with Crippen molar-refractivity contribution >= 4 is 34.9 Å². The number of rotatable bonds is 50. The fourth-order valence-electron chi connectivity index (χ4n) is 7.82. The SMILES string of the molecule is C=CCOOCCCCOc1ccc(/C=C/C(=O)Oc2ccc3cc(OC(=O)/C=C/c4ccc(OCCCCOC=C)c(OCCCCOC=C)c4OCCCCCC)ccc3c2)c(OCCCCCC)c1OCCCCOOCC=C. The van der Waals surface area contributed by atoms with Crippen molar-refractivity contribution in [1.29, 1.82) is 0 Å². The van der Waals surface area contributed by atoms with Crippen molar-refractivity contribution < 1.29 is 76.5 Å². The molecule has 4 aromatic carbocycles. The molecule has 0 aliphatic heterocycles. The highest BCUT2D eigenvalue weighted by Gasteiger charge is 2.20. The van der Waals surface area contributed by atoms with Gasteiger partial charge in [-0.25, -0.2) is 29.1 Å². The third-order valence-corrected chi connectivity index (χ3v) is 12.1. The molecule has 0 atom stereocenters. The van der Waals surface area contributed by atoms with Crippen LogP contribution in [0.3, 0.4) is 0 Å². The van der Waals surface area contributed by atoms with Gasteiger partial charge >= 0.3 is 11.9 Å². The molecule has 16 heteroatoms. The molecule has 0 spiro atoms. The Kier molecular flexibility index (Phi) is 35.7. The minimum atomic E-state index is -0.600. The minimum Gasteiger partial charge on any atom is -0.502 e. The summed E-state index contributed by atoms with van der Waals surface area (Å²) in [6.07, 6.45) is 26.0. The van der Waals surface area contributed by atoms with E-state index in [1.807, 2.05) is 24.3 Å². The van der Waals surface area contributed by atoms with E-state index in [0.717, 1.165) is 87.8 Å². The molecule has 4 aromatic rings. The monoisotopic (exact) mass is 1140 g/mol. The number of carbonyl (C=O) groups is 2. The van der Waals surface area contributed by atoms with E-state index < -0.39 is 11.9 Å². The molecule has 82 heavy (non-hydrogen) atoms. The Morgan fingerprint density at radius 1 is 0.390 bits per heavy atom. The second-order valence-corrected chi connectivity index (χ2v) is 18.7. The molecule has 0 N–H and O–H groups in total. The van der Waals surface area contributed by atoms with Gasteiger partial charge in [0.05, 0.1) is 78.6 Å². The Labute approximate surface area is 486 Å². The first-order valence-corrected chi connectivity index (χ1v) is 29.0. The molecule has 0 unspecified atom stereocenters. The zero-order chi connectivity index (χ0) is 58.5. The van der Waals surface area contributed by atoms with Crippen molar-refractivity contribution in [2.24, 2.45) is 0 Å². The summed E-state index contributed by atoms with van der Waals surface area (Å²) in [5, 5.41) is 1.53. The quantitative estimate of drug-likeness (QED) is 0.00599. The standard InChI is InChI=1S/C66H88O16/c1-7-13-15-17-45-73-63-53(29-35-59(71-43-21-19-41-69-11-5)65(63)75-47-22-20-42-70-12-6)31-37-61(67)81-57-33-27-56-52-58(34-28-55(56)51-57)82-62(68)38-32-54-30-36-60(72-44-23-25-49-79-77-39-9-3)66(64(54)74-46-18-16-14-8-2)76-48-24-26-50-80-78-40-10-4/h9-12,27-38,51-52H,3-8,13-26,39-50H2,1-2H3/b37-31+,38-32+. The first-order valence-electron chi connectivity index (χ1n) is 29.0. The van der Waals surface area contributed by atoms with Crippen molar-refractivity contribution in [3.63, 3.8) is 0 Å². The maximum Gasteiger partial charge on any atom is 0.336 e. The molecule has 0 amide bonds. The predicted octanol–water partition coefficient (Wildman–Crippen LogP) is 15.2. The summed E-state index contributed by atoms with van der Waals surface area (Å²) in [7, 11) is 0. The first-order chi connectivity index (χ1) is 40.3. The lowest BCUT2D eigenvalue weighted by Gasteiger charge is -2.19. The van der Waals surface area contributed by atoms with Gasteiger partial charge in [-0.15, -0.1) is 13.2 Å². The van der Waals surface area contributed by atoms with Crippen LogP contribution in [0.1, 0.15) is 128 Å². The van der Waals surface area contributed by atoms with Crippen molar-refractivity contribution in [3.8, 4) is 46.0 Å². The summed E-state index contributed by atoms with van der Waals surface area (Å²) in [6.45, 7) is 23.8. The van der Waals surface area contributed by atoms with E-state index in [1.165, 1.54) is 24.7 Å². The van der Waals surface area contributed by atoms with Crippen molar-refractivity contribution in [1.82, 2.24) is 0 Å². The van der Waals surface area contributed by atoms with Crippen LogP contribution in [0.2, 0.25) is 0 Å². The molecule has 0 saturated heterocycles. The highest BCUT2D eigenvalue weighted by atomic mass is 17.2. The van der Waals surface area contributed by atoms with Crippen molar-refractivity contribution in [3.05, 3.63) is 135 Å². The zero-order valence-corrected chi connectivity index (χ0v) is 48.6. The predicted molar refractivity (Wildman–Crippen MR) is 321 cm³/mol. The van der Waals surface area contributed by atoms with Crippen LogP contribution in [0.25, 0.3) is 22.9 Å². The fourth-order valence-corrected chi connectivity index (χ4v) is 7.82. The van der Waals surface area contributed by atoms with Gasteiger partial charge in [-0.05, 0) is 136 Å². The van der Waals surface area contributed by atoms with Crippen LogP contribution in [-0.4, -0.2) is 91.2 Å². The van der Waals surface area contributed by atoms with Gasteiger partial charge < -0.3 is 47.4 Å². The number of carbonyl (C=O) groups excluding carboxylic acids is 2. The summed E-state index contributed by atoms with van der Waals surface area (Å²) in [5.41, 5.74) is 1.25. The highest BCUT2D eigenvalue weighted by Crippen LogP contribution is 2.43. The van der Waals surface area contributed by atoms with Gasteiger partial charge in [0.2, 0.25) is 11.5 Å². The molecule has 16 nitrogen and oxygen atoms in total. The maximum atomic E-state index is 13.4. The maximum absolute atomic E-state index is 13.4. The van der Waals surface area contributed by atoms with Crippen LogP contribution < -0.4 is 37.9 Å². The summed E-state index contributed by atoms with van der Waals surface area (Å²) in [4.78, 5) is 47.3. The molecule has 448 valence electrons. The van der Waals surface area contributed by atoms with Gasteiger partial charge in [0, 0.05) is 23.3 Å². The normalized spacial score (nSPS) is 11.1. The molecule has 0 fully saturated rings. The topological polar surface area (TPSA) is 163 Å². The van der Waals surface area contributed by atoms with E-state index in [-0.39, 0.29) is 0 Å². The number of ether oxygens (including phenoxy) is 10. The number of benzene rings is 4. The number of fused-ring (bicyclic) bond motifs is 1. The zero-order valence-electron chi connectivity index (χ0n) is 48.6.